The monoisotopic (exact) mass is 531 g/mol. The van der Waals surface area contributed by atoms with Gasteiger partial charge in [-0.1, -0.05) is 30.3 Å². The van der Waals surface area contributed by atoms with Crippen LogP contribution in [0.4, 0.5) is 5.69 Å². The average Bonchev–Trinajstić information content (AvgIpc) is 2.81. The molecule has 9 nitrogen and oxygen atoms in total. The van der Waals surface area contributed by atoms with Gasteiger partial charge in [0.15, 0.2) is 0 Å². The van der Waals surface area contributed by atoms with Crippen molar-refractivity contribution in [2.45, 2.75) is 32.2 Å². The third kappa shape index (κ3) is 8.98. The largest absolute Gasteiger partial charge is 0.330 e. The lowest BCUT2D eigenvalue weighted by atomic mass is 10.1. The van der Waals surface area contributed by atoms with Crippen molar-refractivity contribution in [3.63, 3.8) is 0 Å². The van der Waals surface area contributed by atoms with E-state index < -0.39 is 20.0 Å². The Morgan fingerprint density at radius 1 is 0.917 bits per heavy atom. The average molecular weight is 532 g/mol. The van der Waals surface area contributed by atoms with Crippen LogP contribution in [0.15, 0.2) is 60.8 Å². The lowest BCUT2D eigenvalue weighted by Crippen LogP contribution is -2.31. The molecule has 2 aromatic carbocycles. The molecule has 0 radical (unpaired) electrons. The predicted molar refractivity (Wildman–Crippen MR) is 143 cm³/mol. The Labute approximate surface area is 213 Å². The number of rotatable bonds is 13. The number of nitrogens with one attached hydrogen (secondary N) is 1. The minimum atomic E-state index is -3.34. The lowest BCUT2D eigenvalue weighted by Gasteiger charge is -2.20. The normalized spacial score (nSPS) is 12.1. The highest BCUT2D eigenvalue weighted by atomic mass is 32.2. The number of benzene rings is 2. The van der Waals surface area contributed by atoms with Gasteiger partial charge < -0.3 is 5.73 Å². The molecule has 0 aliphatic rings. The second kappa shape index (κ2) is 12.4. The smallest absolute Gasteiger partial charge is 0.229 e. The standard InChI is InChI=1S/C25H33N5O4S2/c1-35(31,32)29-23-12-10-20(11-13-23)6-4-9-25-27-16-14-24(28-25)22-8-3-7-21(18-22)19-30(17-5-15-26)36(2,33)34/h3,7-8,10-14,16,18,29H,4-6,9,15,17,19,26H2,1-2H3. The highest BCUT2D eigenvalue weighted by Crippen LogP contribution is 2.20. The fourth-order valence-electron chi connectivity index (χ4n) is 3.75. The zero-order valence-electron chi connectivity index (χ0n) is 20.6. The van der Waals surface area contributed by atoms with Crippen molar-refractivity contribution >= 4 is 25.7 Å². The van der Waals surface area contributed by atoms with E-state index in [0.717, 1.165) is 47.3 Å². The summed E-state index contributed by atoms with van der Waals surface area (Å²) in [5, 5.41) is 0. The number of sulfonamides is 2. The highest BCUT2D eigenvalue weighted by Gasteiger charge is 2.17. The van der Waals surface area contributed by atoms with Crippen LogP contribution in [0.3, 0.4) is 0 Å². The molecular weight excluding hydrogens is 498 g/mol. The van der Waals surface area contributed by atoms with Crippen LogP contribution in [0.1, 0.15) is 29.8 Å². The van der Waals surface area contributed by atoms with E-state index in [-0.39, 0.29) is 6.54 Å². The summed E-state index contributed by atoms with van der Waals surface area (Å²) in [6, 6.07) is 16.9. The Bertz CT molecular complexity index is 1360. The van der Waals surface area contributed by atoms with Gasteiger partial charge in [-0.2, -0.15) is 4.31 Å². The first-order chi connectivity index (χ1) is 17.0. The van der Waals surface area contributed by atoms with Crippen LogP contribution in [0, 0.1) is 0 Å². The van der Waals surface area contributed by atoms with Gasteiger partial charge >= 0.3 is 0 Å². The molecule has 0 unspecified atom stereocenters. The summed E-state index contributed by atoms with van der Waals surface area (Å²) in [5.74, 6) is 0.731. The number of hydrogen-bond donors (Lipinski definition) is 2. The van der Waals surface area contributed by atoms with E-state index in [1.807, 2.05) is 42.5 Å². The molecule has 3 N–H and O–H groups in total. The van der Waals surface area contributed by atoms with Gasteiger partial charge in [0.25, 0.3) is 0 Å². The van der Waals surface area contributed by atoms with Crippen molar-refractivity contribution in [3.05, 3.63) is 77.7 Å². The Hall–Kier alpha value is -2.86. The topological polar surface area (TPSA) is 135 Å². The highest BCUT2D eigenvalue weighted by molar-refractivity contribution is 7.92. The van der Waals surface area contributed by atoms with Gasteiger partial charge in [0.05, 0.1) is 18.2 Å². The molecule has 0 amide bonds. The first kappa shape index (κ1) is 27.7. The van der Waals surface area contributed by atoms with Gasteiger partial charge in [-0.05, 0) is 61.2 Å². The number of anilines is 1. The van der Waals surface area contributed by atoms with E-state index in [0.29, 0.717) is 31.6 Å². The molecular formula is C25H33N5O4S2. The number of nitrogens with zero attached hydrogens (tertiary/aromatic N) is 3. The third-order valence-electron chi connectivity index (χ3n) is 5.49. The first-order valence-corrected chi connectivity index (χ1v) is 15.4. The molecule has 0 aliphatic heterocycles. The van der Waals surface area contributed by atoms with Gasteiger partial charge in [0, 0.05) is 37.0 Å². The first-order valence-electron chi connectivity index (χ1n) is 11.7. The summed E-state index contributed by atoms with van der Waals surface area (Å²) in [6.07, 6.45) is 7.02. The maximum atomic E-state index is 12.2. The molecule has 11 heteroatoms. The molecule has 0 bridgehead atoms. The summed E-state index contributed by atoms with van der Waals surface area (Å²) in [5.41, 5.74) is 9.77. The third-order valence-corrected chi connectivity index (χ3v) is 7.35. The number of nitrogens with two attached hydrogens (primary N) is 1. The molecule has 0 saturated heterocycles. The molecule has 36 heavy (non-hydrogen) atoms. The Kier molecular flexibility index (Phi) is 9.55. The van der Waals surface area contributed by atoms with Gasteiger partial charge in [-0.3, -0.25) is 4.72 Å². The Morgan fingerprint density at radius 2 is 1.67 bits per heavy atom. The van der Waals surface area contributed by atoms with E-state index in [1.54, 1.807) is 18.3 Å². The minimum Gasteiger partial charge on any atom is -0.330 e. The van der Waals surface area contributed by atoms with Crippen LogP contribution in [-0.2, 0) is 39.4 Å². The predicted octanol–water partition coefficient (Wildman–Crippen LogP) is 2.80. The van der Waals surface area contributed by atoms with Crippen LogP contribution in [0.25, 0.3) is 11.3 Å². The molecule has 0 saturated carbocycles. The fraction of sp³-hybridized carbons (Fsp3) is 0.360. The summed E-state index contributed by atoms with van der Waals surface area (Å²) < 4.78 is 50.9. The van der Waals surface area contributed by atoms with Gasteiger partial charge in [0.1, 0.15) is 5.82 Å². The summed E-state index contributed by atoms with van der Waals surface area (Å²) in [7, 11) is -6.63. The van der Waals surface area contributed by atoms with Crippen molar-refractivity contribution < 1.29 is 16.8 Å². The number of aryl methyl sites for hydroxylation is 2. The summed E-state index contributed by atoms with van der Waals surface area (Å²) >= 11 is 0. The van der Waals surface area contributed by atoms with Gasteiger partial charge in [0.2, 0.25) is 20.0 Å². The molecule has 194 valence electrons. The van der Waals surface area contributed by atoms with Crippen LogP contribution in [-0.4, -0.2) is 56.7 Å². The Morgan fingerprint density at radius 3 is 2.33 bits per heavy atom. The maximum Gasteiger partial charge on any atom is 0.229 e. The second-order valence-corrected chi connectivity index (χ2v) is 12.5. The van der Waals surface area contributed by atoms with E-state index in [4.69, 9.17) is 10.7 Å². The van der Waals surface area contributed by atoms with Crippen molar-refractivity contribution in [2.75, 3.05) is 30.3 Å². The molecule has 3 rings (SSSR count). The molecule has 0 fully saturated rings. The molecule has 0 aliphatic carbocycles. The summed E-state index contributed by atoms with van der Waals surface area (Å²) in [4.78, 5) is 9.11. The van der Waals surface area contributed by atoms with E-state index in [2.05, 4.69) is 9.71 Å². The van der Waals surface area contributed by atoms with Crippen LogP contribution < -0.4 is 10.5 Å². The zero-order chi connectivity index (χ0) is 26.2. The van der Waals surface area contributed by atoms with E-state index in [1.165, 1.54) is 10.6 Å². The number of aromatic nitrogens is 2. The van der Waals surface area contributed by atoms with Crippen LogP contribution >= 0.6 is 0 Å². The molecule has 3 aromatic rings. The minimum absolute atomic E-state index is 0.281. The Balaban J connectivity index is 1.63. The van der Waals surface area contributed by atoms with Crippen molar-refractivity contribution in [1.82, 2.24) is 14.3 Å². The van der Waals surface area contributed by atoms with E-state index >= 15 is 0 Å². The molecule has 0 atom stereocenters. The SMILES string of the molecule is CS(=O)(=O)Nc1ccc(CCCc2nccc(-c3cccc(CN(CCCN)S(C)(=O)=O)c3)n2)cc1. The van der Waals surface area contributed by atoms with Crippen molar-refractivity contribution in [3.8, 4) is 11.3 Å². The zero-order valence-corrected chi connectivity index (χ0v) is 22.2. The van der Waals surface area contributed by atoms with Gasteiger partial charge in [-0.25, -0.2) is 26.8 Å². The fourth-order valence-corrected chi connectivity index (χ4v) is 5.16. The maximum absolute atomic E-state index is 12.2. The molecule has 1 heterocycles. The molecule has 1 aromatic heterocycles. The van der Waals surface area contributed by atoms with Crippen LogP contribution in [0.5, 0.6) is 0 Å². The number of hydrogen-bond acceptors (Lipinski definition) is 7. The van der Waals surface area contributed by atoms with Crippen molar-refractivity contribution in [2.24, 2.45) is 5.73 Å². The quantitative estimate of drug-likeness (QED) is 0.346. The van der Waals surface area contributed by atoms with Crippen molar-refractivity contribution in [1.29, 1.82) is 0 Å². The van der Waals surface area contributed by atoms with Crippen LogP contribution in [0.2, 0.25) is 0 Å². The van der Waals surface area contributed by atoms with E-state index in [9.17, 15) is 16.8 Å². The summed E-state index contributed by atoms with van der Waals surface area (Å²) in [6.45, 7) is 1.10. The van der Waals surface area contributed by atoms with Gasteiger partial charge in [-0.15, -0.1) is 0 Å². The lowest BCUT2D eigenvalue weighted by molar-refractivity contribution is 0.405. The second-order valence-electron chi connectivity index (χ2n) is 8.72. The molecule has 0 spiro atoms.